The topological polar surface area (TPSA) is 60.0 Å². The predicted octanol–water partition coefficient (Wildman–Crippen LogP) is -0.441. The second-order valence-electron chi connectivity index (χ2n) is 3.86. The van der Waals surface area contributed by atoms with Crippen molar-refractivity contribution in [3.8, 4) is 0 Å². The van der Waals surface area contributed by atoms with Gasteiger partial charge in [0.2, 0.25) is 0 Å². The second-order valence-corrected chi connectivity index (χ2v) is 3.86. The Kier molecular flexibility index (Phi) is 3.10. The summed E-state index contributed by atoms with van der Waals surface area (Å²) in [6, 6.07) is 0. The van der Waals surface area contributed by atoms with Gasteiger partial charge < -0.3 is 10.6 Å². The van der Waals surface area contributed by atoms with E-state index in [1.807, 2.05) is 10.9 Å². The van der Waals surface area contributed by atoms with Gasteiger partial charge in [0.05, 0.1) is 12.7 Å². The lowest BCUT2D eigenvalue weighted by Gasteiger charge is -2.14. The number of rotatable bonds is 4. The zero-order valence-corrected chi connectivity index (χ0v) is 8.34. The fraction of sp³-hybridized carbons (Fsp3) is 0.778. The smallest absolute Gasteiger partial charge is 0.0692 e. The molecule has 1 aromatic heterocycles. The van der Waals surface area contributed by atoms with E-state index in [9.17, 15) is 0 Å². The average Bonchev–Trinajstić information content (AvgIpc) is 2.86. The van der Waals surface area contributed by atoms with Crippen molar-refractivity contribution in [3.05, 3.63) is 12.4 Å². The van der Waals surface area contributed by atoms with Crippen molar-refractivity contribution in [3.63, 3.8) is 0 Å². The molecule has 1 aromatic rings. The molecule has 1 fully saturated rings. The third-order valence-corrected chi connectivity index (χ3v) is 2.82. The second kappa shape index (κ2) is 4.52. The van der Waals surface area contributed by atoms with Crippen LogP contribution < -0.4 is 5.73 Å². The third kappa shape index (κ3) is 2.30. The Morgan fingerprint density at radius 3 is 3.00 bits per heavy atom. The molecule has 0 aromatic carbocycles. The molecule has 0 saturated carbocycles. The van der Waals surface area contributed by atoms with Gasteiger partial charge in [-0.05, 0) is 25.4 Å². The molecule has 5 nitrogen and oxygen atoms in total. The molecule has 2 N–H and O–H groups in total. The van der Waals surface area contributed by atoms with Crippen molar-refractivity contribution in [1.29, 1.82) is 0 Å². The van der Waals surface area contributed by atoms with Crippen LogP contribution in [0.5, 0.6) is 0 Å². The van der Waals surface area contributed by atoms with Crippen molar-refractivity contribution in [2.24, 2.45) is 11.7 Å². The Morgan fingerprint density at radius 2 is 2.36 bits per heavy atom. The minimum absolute atomic E-state index is 0.700. The maximum absolute atomic E-state index is 5.63. The van der Waals surface area contributed by atoms with Crippen LogP contribution in [0, 0.1) is 5.92 Å². The predicted molar refractivity (Wildman–Crippen MR) is 53.6 cm³/mol. The Hall–Kier alpha value is -0.940. The summed E-state index contributed by atoms with van der Waals surface area (Å²) >= 11 is 0. The highest BCUT2D eigenvalue weighted by molar-refractivity contribution is 4.76. The van der Waals surface area contributed by atoms with Gasteiger partial charge in [-0.2, -0.15) is 0 Å². The fourth-order valence-electron chi connectivity index (χ4n) is 1.90. The summed E-state index contributed by atoms with van der Waals surface area (Å²) < 4.78 is 1.87. The Bertz CT molecular complexity index is 258. The molecule has 1 aliphatic heterocycles. The van der Waals surface area contributed by atoms with E-state index in [2.05, 4.69) is 15.2 Å². The number of hydrogen-bond acceptors (Lipinski definition) is 4. The highest BCUT2D eigenvalue weighted by atomic mass is 15.4. The van der Waals surface area contributed by atoms with E-state index in [0.717, 1.165) is 26.2 Å². The molecular formula is C9H17N5. The number of hydrogen-bond donors (Lipinski definition) is 1. The van der Waals surface area contributed by atoms with E-state index < -0.39 is 0 Å². The molecule has 14 heavy (non-hydrogen) atoms. The SMILES string of the molecule is NCC1CCN(CCn2ccnn2)C1. The summed E-state index contributed by atoms with van der Waals surface area (Å²) in [4.78, 5) is 2.44. The molecule has 0 spiro atoms. The Morgan fingerprint density at radius 1 is 1.43 bits per heavy atom. The molecule has 2 rings (SSSR count). The Labute approximate surface area is 83.9 Å². The first-order chi connectivity index (χ1) is 6.88. The number of nitrogens with zero attached hydrogens (tertiary/aromatic N) is 4. The number of likely N-dealkylation sites (tertiary alicyclic amines) is 1. The van der Waals surface area contributed by atoms with Crippen LogP contribution in [0.4, 0.5) is 0 Å². The molecule has 78 valence electrons. The highest BCUT2D eigenvalue weighted by Gasteiger charge is 2.20. The van der Waals surface area contributed by atoms with Crippen molar-refractivity contribution in [2.45, 2.75) is 13.0 Å². The summed E-state index contributed by atoms with van der Waals surface area (Å²) in [6.07, 6.45) is 4.86. The van der Waals surface area contributed by atoms with Gasteiger partial charge in [0.15, 0.2) is 0 Å². The molecule has 0 amide bonds. The van der Waals surface area contributed by atoms with E-state index in [-0.39, 0.29) is 0 Å². The first-order valence-corrected chi connectivity index (χ1v) is 5.15. The van der Waals surface area contributed by atoms with Crippen LogP contribution in [0.2, 0.25) is 0 Å². The maximum Gasteiger partial charge on any atom is 0.0692 e. The normalized spacial score (nSPS) is 23.1. The molecule has 0 aliphatic carbocycles. The maximum atomic E-state index is 5.63. The van der Waals surface area contributed by atoms with Gasteiger partial charge in [0, 0.05) is 19.3 Å². The van der Waals surface area contributed by atoms with Crippen molar-refractivity contribution in [1.82, 2.24) is 19.9 Å². The molecule has 1 unspecified atom stereocenters. The lowest BCUT2D eigenvalue weighted by molar-refractivity contribution is 0.303. The number of aromatic nitrogens is 3. The van der Waals surface area contributed by atoms with Crippen LogP contribution in [-0.2, 0) is 6.54 Å². The summed E-state index contributed by atoms with van der Waals surface area (Å²) in [5, 5.41) is 7.70. The van der Waals surface area contributed by atoms with Gasteiger partial charge in [-0.1, -0.05) is 5.21 Å². The first-order valence-electron chi connectivity index (χ1n) is 5.15. The van der Waals surface area contributed by atoms with Gasteiger partial charge in [0.1, 0.15) is 0 Å². The largest absolute Gasteiger partial charge is 0.330 e. The van der Waals surface area contributed by atoms with Gasteiger partial charge in [-0.15, -0.1) is 5.10 Å². The summed E-state index contributed by atoms with van der Waals surface area (Å²) in [6.45, 7) is 5.12. The monoisotopic (exact) mass is 195 g/mol. The standard InChI is InChI=1S/C9H17N5/c10-7-9-1-3-13(8-9)5-6-14-4-2-11-12-14/h2,4,9H,1,3,5-8,10H2. The van der Waals surface area contributed by atoms with Crippen molar-refractivity contribution >= 4 is 0 Å². The first kappa shape index (κ1) is 9.61. The van der Waals surface area contributed by atoms with Gasteiger partial charge in [-0.25, -0.2) is 0 Å². The van der Waals surface area contributed by atoms with Crippen molar-refractivity contribution in [2.75, 3.05) is 26.2 Å². The summed E-state index contributed by atoms with van der Waals surface area (Å²) in [5.74, 6) is 0.700. The van der Waals surface area contributed by atoms with E-state index in [1.165, 1.54) is 13.0 Å². The molecule has 0 radical (unpaired) electrons. The summed E-state index contributed by atoms with van der Waals surface area (Å²) in [5.41, 5.74) is 5.63. The molecule has 2 heterocycles. The lowest BCUT2D eigenvalue weighted by Crippen LogP contribution is -2.26. The zero-order chi connectivity index (χ0) is 9.80. The molecule has 5 heteroatoms. The minimum Gasteiger partial charge on any atom is -0.330 e. The Balaban J connectivity index is 1.72. The van der Waals surface area contributed by atoms with Gasteiger partial charge in [0.25, 0.3) is 0 Å². The van der Waals surface area contributed by atoms with E-state index >= 15 is 0 Å². The minimum atomic E-state index is 0.700. The average molecular weight is 195 g/mol. The van der Waals surface area contributed by atoms with Gasteiger partial charge in [-0.3, -0.25) is 4.68 Å². The van der Waals surface area contributed by atoms with E-state index in [4.69, 9.17) is 5.73 Å². The third-order valence-electron chi connectivity index (χ3n) is 2.82. The van der Waals surface area contributed by atoms with Crippen LogP contribution in [0.25, 0.3) is 0 Å². The summed E-state index contributed by atoms with van der Waals surface area (Å²) in [7, 11) is 0. The quantitative estimate of drug-likeness (QED) is 0.707. The molecular weight excluding hydrogens is 178 g/mol. The van der Waals surface area contributed by atoms with E-state index in [0.29, 0.717) is 5.92 Å². The molecule has 1 atom stereocenters. The van der Waals surface area contributed by atoms with Crippen LogP contribution in [0.3, 0.4) is 0 Å². The van der Waals surface area contributed by atoms with Crippen LogP contribution in [0.1, 0.15) is 6.42 Å². The lowest BCUT2D eigenvalue weighted by atomic mass is 10.1. The highest BCUT2D eigenvalue weighted by Crippen LogP contribution is 2.13. The van der Waals surface area contributed by atoms with Gasteiger partial charge >= 0.3 is 0 Å². The van der Waals surface area contributed by atoms with Crippen molar-refractivity contribution < 1.29 is 0 Å². The van der Waals surface area contributed by atoms with Crippen LogP contribution in [-0.4, -0.2) is 46.1 Å². The molecule has 1 saturated heterocycles. The van der Waals surface area contributed by atoms with Crippen LogP contribution in [0.15, 0.2) is 12.4 Å². The molecule has 1 aliphatic rings. The zero-order valence-electron chi connectivity index (χ0n) is 8.34. The number of nitrogens with two attached hydrogens (primary N) is 1. The van der Waals surface area contributed by atoms with Crippen LogP contribution >= 0.6 is 0 Å². The van der Waals surface area contributed by atoms with E-state index in [1.54, 1.807) is 6.20 Å². The fourth-order valence-corrected chi connectivity index (χ4v) is 1.90. The molecule has 0 bridgehead atoms.